The van der Waals surface area contributed by atoms with Gasteiger partial charge in [-0.1, -0.05) is 18.2 Å². The minimum atomic E-state index is -3.77. The molecule has 9 heteroatoms. The molecule has 2 heterocycles. The Hall–Kier alpha value is -2.93. The highest BCUT2D eigenvalue weighted by Gasteiger charge is 2.32. The number of carbonyl (C=O) groups excluding carboxylic acids is 1. The summed E-state index contributed by atoms with van der Waals surface area (Å²) in [5, 5.41) is 9.24. The van der Waals surface area contributed by atoms with Gasteiger partial charge in [0.15, 0.2) is 0 Å². The molecule has 2 aromatic carbocycles. The lowest BCUT2D eigenvalue weighted by atomic mass is 9.99. The zero-order valence-electron chi connectivity index (χ0n) is 18.0. The van der Waals surface area contributed by atoms with Crippen molar-refractivity contribution in [2.24, 2.45) is 0 Å². The van der Waals surface area contributed by atoms with Crippen molar-refractivity contribution in [3.8, 4) is 11.8 Å². The molecule has 1 fully saturated rings. The zero-order chi connectivity index (χ0) is 22.7. The minimum absolute atomic E-state index is 0.00539. The topological polar surface area (TPSA) is 93.9 Å². The molecule has 0 spiro atoms. The van der Waals surface area contributed by atoms with Crippen LogP contribution in [-0.2, 0) is 27.8 Å². The largest absolute Gasteiger partial charge is 0.497 e. The third kappa shape index (κ3) is 4.48. The smallest absolute Gasteiger partial charge is 0.244 e. The van der Waals surface area contributed by atoms with E-state index in [2.05, 4.69) is 11.0 Å². The Kier molecular flexibility index (Phi) is 6.46. The fourth-order valence-corrected chi connectivity index (χ4v) is 5.81. The van der Waals surface area contributed by atoms with E-state index >= 15 is 0 Å². The van der Waals surface area contributed by atoms with Crippen LogP contribution >= 0.6 is 0 Å². The quantitative estimate of drug-likeness (QED) is 0.679. The average molecular weight is 455 g/mol. The maximum Gasteiger partial charge on any atom is 0.244 e. The van der Waals surface area contributed by atoms with E-state index in [1.54, 1.807) is 24.1 Å². The van der Waals surface area contributed by atoms with E-state index in [4.69, 9.17) is 4.74 Å². The molecular weight excluding hydrogens is 428 g/mol. The van der Waals surface area contributed by atoms with Crippen molar-refractivity contribution in [1.82, 2.24) is 14.1 Å². The third-order valence-corrected chi connectivity index (χ3v) is 8.04. The van der Waals surface area contributed by atoms with Crippen LogP contribution in [-0.4, -0.2) is 74.8 Å². The summed E-state index contributed by atoms with van der Waals surface area (Å²) < 4.78 is 32.6. The number of piperazine rings is 1. The summed E-state index contributed by atoms with van der Waals surface area (Å²) in [7, 11) is -2.13. The number of carbonyl (C=O) groups is 1. The number of hydrogen-bond acceptors (Lipinski definition) is 6. The van der Waals surface area contributed by atoms with Gasteiger partial charge in [0.05, 0.1) is 24.1 Å². The Morgan fingerprint density at radius 3 is 2.53 bits per heavy atom. The Bertz CT molecular complexity index is 1150. The molecule has 8 nitrogen and oxygen atoms in total. The molecule has 1 saturated heterocycles. The molecule has 2 aliphatic rings. The van der Waals surface area contributed by atoms with E-state index in [0.717, 1.165) is 18.7 Å². The van der Waals surface area contributed by atoms with Gasteiger partial charge in [0.25, 0.3) is 0 Å². The molecular formula is C23H26N4O4S. The molecule has 1 amide bonds. The summed E-state index contributed by atoms with van der Waals surface area (Å²) in [4.78, 5) is 16.7. The van der Waals surface area contributed by atoms with Crippen molar-refractivity contribution in [3.63, 3.8) is 0 Å². The van der Waals surface area contributed by atoms with E-state index in [-0.39, 0.29) is 29.5 Å². The van der Waals surface area contributed by atoms with Gasteiger partial charge in [-0.2, -0.15) is 9.57 Å². The maximum atomic E-state index is 13.0. The standard InChI is InChI=1S/C23H26N4O4S/c1-31-21-7-6-18-8-9-25(16-20(18)14-21)17-23(28)26-10-12-27(13-11-26)32(29,30)22-5-3-2-4-19(22)15-24/h2-7,14H,8-13,16-17H2,1H3. The molecule has 0 unspecified atom stereocenters. The molecule has 0 N–H and O–H groups in total. The highest BCUT2D eigenvalue weighted by Crippen LogP contribution is 2.24. The van der Waals surface area contributed by atoms with Crippen LogP contribution in [0.1, 0.15) is 16.7 Å². The average Bonchev–Trinajstić information content (AvgIpc) is 2.83. The molecule has 168 valence electrons. The molecule has 0 radical (unpaired) electrons. The number of benzene rings is 2. The molecule has 0 bridgehead atoms. The van der Waals surface area contributed by atoms with Gasteiger partial charge in [-0.3, -0.25) is 9.69 Å². The molecule has 0 aliphatic carbocycles. The normalized spacial score (nSPS) is 17.4. The van der Waals surface area contributed by atoms with Gasteiger partial charge in [-0.25, -0.2) is 8.42 Å². The molecule has 2 aliphatic heterocycles. The first-order valence-electron chi connectivity index (χ1n) is 10.6. The summed E-state index contributed by atoms with van der Waals surface area (Å²) >= 11 is 0. The van der Waals surface area contributed by atoms with E-state index in [1.807, 2.05) is 18.2 Å². The first-order valence-corrected chi connectivity index (χ1v) is 12.0. The van der Waals surface area contributed by atoms with Crippen LogP contribution in [0.5, 0.6) is 5.75 Å². The van der Waals surface area contributed by atoms with Crippen molar-refractivity contribution in [3.05, 3.63) is 59.2 Å². The van der Waals surface area contributed by atoms with E-state index < -0.39 is 10.0 Å². The van der Waals surface area contributed by atoms with E-state index in [1.165, 1.54) is 27.6 Å². The first-order chi connectivity index (χ1) is 15.4. The van der Waals surface area contributed by atoms with Gasteiger partial charge in [0.1, 0.15) is 11.8 Å². The first kappa shape index (κ1) is 22.3. The molecule has 32 heavy (non-hydrogen) atoms. The van der Waals surface area contributed by atoms with E-state index in [0.29, 0.717) is 26.2 Å². The van der Waals surface area contributed by atoms with Crippen molar-refractivity contribution in [2.75, 3.05) is 46.4 Å². The fourth-order valence-electron chi connectivity index (χ4n) is 4.25. The Morgan fingerprint density at radius 2 is 1.81 bits per heavy atom. The van der Waals surface area contributed by atoms with Gasteiger partial charge >= 0.3 is 0 Å². The van der Waals surface area contributed by atoms with E-state index in [9.17, 15) is 18.5 Å². The Labute approximate surface area is 188 Å². The highest BCUT2D eigenvalue weighted by atomic mass is 32.2. The number of fused-ring (bicyclic) bond motifs is 1. The lowest BCUT2D eigenvalue weighted by Gasteiger charge is -2.36. The Morgan fingerprint density at radius 1 is 1.06 bits per heavy atom. The van der Waals surface area contributed by atoms with Gasteiger partial charge in [-0.05, 0) is 41.8 Å². The minimum Gasteiger partial charge on any atom is -0.497 e. The number of ether oxygens (including phenoxy) is 1. The van der Waals surface area contributed by atoms with Crippen LogP contribution in [0.4, 0.5) is 0 Å². The lowest BCUT2D eigenvalue weighted by Crippen LogP contribution is -2.52. The third-order valence-electron chi connectivity index (χ3n) is 6.08. The predicted molar refractivity (Wildman–Crippen MR) is 118 cm³/mol. The number of nitrogens with zero attached hydrogens (tertiary/aromatic N) is 4. The number of amides is 1. The van der Waals surface area contributed by atoms with Crippen LogP contribution in [0.15, 0.2) is 47.4 Å². The molecule has 4 rings (SSSR count). The van der Waals surface area contributed by atoms with Crippen molar-refractivity contribution in [2.45, 2.75) is 17.9 Å². The molecule has 0 atom stereocenters. The molecule has 0 saturated carbocycles. The lowest BCUT2D eigenvalue weighted by molar-refractivity contribution is -0.133. The second-order valence-corrected chi connectivity index (χ2v) is 9.89. The second kappa shape index (κ2) is 9.28. The van der Waals surface area contributed by atoms with Crippen LogP contribution in [0.3, 0.4) is 0 Å². The summed E-state index contributed by atoms with van der Waals surface area (Å²) in [6, 6.07) is 14.2. The zero-order valence-corrected chi connectivity index (χ0v) is 18.8. The number of rotatable bonds is 5. The van der Waals surface area contributed by atoms with Crippen molar-refractivity contribution >= 4 is 15.9 Å². The van der Waals surface area contributed by atoms with Crippen LogP contribution in [0.25, 0.3) is 0 Å². The number of methoxy groups -OCH3 is 1. The SMILES string of the molecule is COc1ccc2c(c1)CN(CC(=O)N1CCN(S(=O)(=O)c3ccccc3C#N)CC1)CC2. The highest BCUT2D eigenvalue weighted by molar-refractivity contribution is 7.89. The van der Waals surface area contributed by atoms with Crippen molar-refractivity contribution < 1.29 is 17.9 Å². The van der Waals surface area contributed by atoms with Gasteiger partial charge < -0.3 is 9.64 Å². The summed E-state index contributed by atoms with van der Waals surface area (Å²) in [6.45, 7) is 2.92. The monoisotopic (exact) mass is 454 g/mol. The number of nitriles is 1. The second-order valence-electron chi connectivity index (χ2n) is 7.99. The van der Waals surface area contributed by atoms with Crippen molar-refractivity contribution in [1.29, 1.82) is 5.26 Å². The maximum absolute atomic E-state index is 13.0. The summed E-state index contributed by atoms with van der Waals surface area (Å²) in [6.07, 6.45) is 0.886. The molecule has 0 aromatic heterocycles. The Balaban J connectivity index is 1.35. The molecule has 2 aromatic rings. The number of sulfonamides is 1. The van der Waals surface area contributed by atoms with Crippen LogP contribution < -0.4 is 4.74 Å². The predicted octanol–water partition coefficient (Wildman–Crippen LogP) is 1.46. The van der Waals surface area contributed by atoms with Crippen LogP contribution in [0.2, 0.25) is 0 Å². The van der Waals surface area contributed by atoms with Crippen LogP contribution in [0, 0.1) is 11.3 Å². The van der Waals surface area contributed by atoms with Gasteiger partial charge in [0, 0.05) is 39.3 Å². The van der Waals surface area contributed by atoms with Gasteiger partial charge in [0.2, 0.25) is 15.9 Å². The number of hydrogen-bond donors (Lipinski definition) is 0. The summed E-state index contributed by atoms with van der Waals surface area (Å²) in [5.74, 6) is 0.818. The summed E-state index contributed by atoms with van der Waals surface area (Å²) in [5.41, 5.74) is 2.59. The van der Waals surface area contributed by atoms with Gasteiger partial charge in [-0.15, -0.1) is 0 Å². The fraction of sp³-hybridized carbons (Fsp3) is 0.391.